The molecule has 1 saturated heterocycles. The fourth-order valence-electron chi connectivity index (χ4n) is 2.12. The number of nitrogens with one attached hydrogen (secondary N) is 1. The van der Waals surface area contributed by atoms with Crippen molar-refractivity contribution in [2.24, 2.45) is 5.73 Å². The summed E-state index contributed by atoms with van der Waals surface area (Å²) in [6.07, 6.45) is 2.46. The SMILES string of the molecule is COc1ccc(NC(CN)C2CCCO2)cc1. The maximum atomic E-state index is 5.79. The summed E-state index contributed by atoms with van der Waals surface area (Å²) >= 11 is 0. The molecule has 2 rings (SSSR count). The molecule has 1 fully saturated rings. The van der Waals surface area contributed by atoms with E-state index in [0.29, 0.717) is 6.54 Å². The first-order chi connectivity index (χ1) is 8.33. The fourth-order valence-corrected chi connectivity index (χ4v) is 2.12. The Balaban J connectivity index is 1.96. The molecule has 0 aromatic heterocycles. The van der Waals surface area contributed by atoms with Gasteiger partial charge in [-0.1, -0.05) is 0 Å². The Morgan fingerprint density at radius 3 is 2.76 bits per heavy atom. The van der Waals surface area contributed by atoms with Crippen molar-refractivity contribution in [3.05, 3.63) is 24.3 Å². The summed E-state index contributed by atoms with van der Waals surface area (Å²) in [7, 11) is 1.66. The molecule has 3 N–H and O–H groups in total. The third-order valence-electron chi connectivity index (χ3n) is 3.11. The Bertz CT molecular complexity index is 334. The monoisotopic (exact) mass is 236 g/mol. The number of rotatable bonds is 5. The topological polar surface area (TPSA) is 56.5 Å². The lowest BCUT2D eigenvalue weighted by molar-refractivity contribution is 0.0973. The standard InChI is InChI=1S/C13H20N2O2/c1-16-11-6-4-10(5-7-11)15-12(9-14)13-3-2-8-17-13/h4-7,12-13,15H,2-3,8-9,14H2,1H3. The molecule has 4 heteroatoms. The Hall–Kier alpha value is -1.26. The molecule has 1 aromatic rings. The largest absolute Gasteiger partial charge is 0.497 e. The van der Waals surface area contributed by atoms with Crippen LogP contribution in [0.5, 0.6) is 5.75 Å². The summed E-state index contributed by atoms with van der Waals surface area (Å²) in [5.74, 6) is 0.858. The van der Waals surface area contributed by atoms with Gasteiger partial charge < -0.3 is 20.5 Å². The summed E-state index contributed by atoms with van der Waals surface area (Å²) < 4.78 is 10.8. The minimum Gasteiger partial charge on any atom is -0.497 e. The van der Waals surface area contributed by atoms with Crippen LogP contribution >= 0.6 is 0 Å². The van der Waals surface area contributed by atoms with Gasteiger partial charge in [-0.2, -0.15) is 0 Å². The fraction of sp³-hybridized carbons (Fsp3) is 0.538. The molecule has 1 heterocycles. The van der Waals surface area contributed by atoms with E-state index in [4.69, 9.17) is 15.2 Å². The van der Waals surface area contributed by atoms with Gasteiger partial charge in [-0.3, -0.25) is 0 Å². The highest BCUT2D eigenvalue weighted by atomic mass is 16.5. The molecule has 4 nitrogen and oxygen atoms in total. The molecule has 0 radical (unpaired) electrons. The van der Waals surface area contributed by atoms with Crippen LogP contribution in [0.15, 0.2) is 24.3 Å². The van der Waals surface area contributed by atoms with Crippen LogP contribution in [-0.2, 0) is 4.74 Å². The molecule has 2 atom stereocenters. The van der Waals surface area contributed by atoms with E-state index >= 15 is 0 Å². The quantitative estimate of drug-likeness (QED) is 0.815. The predicted octanol–water partition coefficient (Wildman–Crippen LogP) is 1.61. The normalized spacial score (nSPS) is 21.2. The van der Waals surface area contributed by atoms with Gasteiger partial charge in [-0.15, -0.1) is 0 Å². The van der Waals surface area contributed by atoms with Crippen molar-refractivity contribution in [1.82, 2.24) is 0 Å². The van der Waals surface area contributed by atoms with Gasteiger partial charge in [0, 0.05) is 18.8 Å². The highest BCUT2D eigenvalue weighted by Gasteiger charge is 2.24. The molecule has 17 heavy (non-hydrogen) atoms. The van der Waals surface area contributed by atoms with Crippen molar-refractivity contribution in [1.29, 1.82) is 0 Å². The van der Waals surface area contributed by atoms with Crippen LogP contribution in [0.1, 0.15) is 12.8 Å². The van der Waals surface area contributed by atoms with E-state index in [9.17, 15) is 0 Å². The Kier molecular flexibility index (Phi) is 4.23. The number of anilines is 1. The number of hydrogen-bond acceptors (Lipinski definition) is 4. The van der Waals surface area contributed by atoms with Crippen molar-refractivity contribution in [3.8, 4) is 5.75 Å². The molecule has 94 valence electrons. The minimum atomic E-state index is 0.186. The van der Waals surface area contributed by atoms with Gasteiger partial charge in [0.15, 0.2) is 0 Å². The lowest BCUT2D eigenvalue weighted by Crippen LogP contribution is -2.39. The second kappa shape index (κ2) is 5.89. The molecule has 2 unspecified atom stereocenters. The van der Waals surface area contributed by atoms with Crippen LogP contribution in [0.25, 0.3) is 0 Å². The number of hydrogen-bond donors (Lipinski definition) is 2. The molecule has 1 aromatic carbocycles. The Morgan fingerprint density at radius 2 is 2.24 bits per heavy atom. The average molecular weight is 236 g/mol. The van der Waals surface area contributed by atoms with Crippen LogP contribution in [0.3, 0.4) is 0 Å². The van der Waals surface area contributed by atoms with Gasteiger partial charge in [-0.05, 0) is 37.1 Å². The molecule has 0 spiro atoms. The zero-order valence-corrected chi connectivity index (χ0v) is 10.2. The van der Waals surface area contributed by atoms with E-state index in [0.717, 1.165) is 30.9 Å². The first-order valence-corrected chi connectivity index (χ1v) is 6.05. The average Bonchev–Trinajstić information content (AvgIpc) is 2.90. The van der Waals surface area contributed by atoms with Gasteiger partial charge >= 0.3 is 0 Å². The maximum Gasteiger partial charge on any atom is 0.119 e. The summed E-state index contributed by atoms with van der Waals surface area (Å²) in [6.45, 7) is 1.43. The highest BCUT2D eigenvalue weighted by molar-refractivity contribution is 5.47. The Labute approximate surface area is 102 Å². The third kappa shape index (κ3) is 3.11. The summed E-state index contributed by atoms with van der Waals surface area (Å²) in [5, 5.41) is 3.42. The van der Waals surface area contributed by atoms with Gasteiger partial charge in [0.2, 0.25) is 0 Å². The van der Waals surface area contributed by atoms with Gasteiger partial charge in [0.1, 0.15) is 5.75 Å². The van der Waals surface area contributed by atoms with Gasteiger partial charge in [0.25, 0.3) is 0 Å². The molecular formula is C13H20N2O2. The van der Waals surface area contributed by atoms with Crippen LogP contribution in [0.4, 0.5) is 5.69 Å². The van der Waals surface area contributed by atoms with Crippen molar-refractivity contribution < 1.29 is 9.47 Å². The van der Waals surface area contributed by atoms with Crippen molar-refractivity contribution in [2.75, 3.05) is 25.6 Å². The van der Waals surface area contributed by atoms with Crippen molar-refractivity contribution in [2.45, 2.75) is 25.0 Å². The van der Waals surface area contributed by atoms with E-state index < -0.39 is 0 Å². The lowest BCUT2D eigenvalue weighted by atomic mass is 10.1. The molecule has 1 aliphatic rings. The summed E-state index contributed by atoms with van der Waals surface area (Å²) in [4.78, 5) is 0. The highest BCUT2D eigenvalue weighted by Crippen LogP contribution is 2.20. The number of nitrogens with two attached hydrogens (primary N) is 1. The Morgan fingerprint density at radius 1 is 1.47 bits per heavy atom. The first kappa shape index (κ1) is 12.2. The number of ether oxygens (including phenoxy) is 2. The van der Waals surface area contributed by atoms with Crippen LogP contribution in [0, 0.1) is 0 Å². The minimum absolute atomic E-state index is 0.186. The molecule has 1 aliphatic heterocycles. The van der Waals surface area contributed by atoms with Gasteiger partial charge in [0.05, 0.1) is 19.3 Å². The molecular weight excluding hydrogens is 216 g/mol. The summed E-state index contributed by atoms with van der Waals surface area (Å²) in [6, 6.07) is 8.05. The van der Waals surface area contributed by atoms with Crippen LogP contribution in [-0.4, -0.2) is 32.4 Å². The van der Waals surface area contributed by atoms with Gasteiger partial charge in [-0.25, -0.2) is 0 Å². The molecule has 0 aliphatic carbocycles. The molecule has 0 amide bonds. The van der Waals surface area contributed by atoms with E-state index in [1.54, 1.807) is 7.11 Å². The maximum absolute atomic E-state index is 5.79. The first-order valence-electron chi connectivity index (χ1n) is 6.05. The predicted molar refractivity (Wildman–Crippen MR) is 68.4 cm³/mol. The zero-order chi connectivity index (χ0) is 12.1. The summed E-state index contributed by atoms with van der Waals surface area (Å²) in [5.41, 5.74) is 6.84. The lowest BCUT2D eigenvalue weighted by Gasteiger charge is -2.23. The number of methoxy groups -OCH3 is 1. The number of benzene rings is 1. The van der Waals surface area contributed by atoms with E-state index in [2.05, 4.69) is 5.32 Å². The van der Waals surface area contributed by atoms with E-state index in [1.165, 1.54) is 0 Å². The van der Waals surface area contributed by atoms with Crippen molar-refractivity contribution >= 4 is 5.69 Å². The van der Waals surface area contributed by atoms with Crippen LogP contribution in [0.2, 0.25) is 0 Å². The molecule has 0 bridgehead atoms. The van der Waals surface area contributed by atoms with E-state index in [-0.39, 0.29) is 12.1 Å². The van der Waals surface area contributed by atoms with Crippen molar-refractivity contribution in [3.63, 3.8) is 0 Å². The smallest absolute Gasteiger partial charge is 0.119 e. The molecule has 0 saturated carbocycles. The zero-order valence-electron chi connectivity index (χ0n) is 10.2. The van der Waals surface area contributed by atoms with E-state index in [1.807, 2.05) is 24.3 Å². The second-order valence-electron chi connectivity index (χ2n) is 4.27. The van der Waals surface area contributed by atoms with Crippen LogP contribution < -0.4 is 15.8 Å². The second-order valence-corrected chi connectivity index (χ2v) is 4.27. The third-order valence-corrected chi connectivity index (χ3v) is 3.11.